The van der Waals surface area contributed by atoms with Gasteiger partial charge in [0, 0.05) is 26.5 Å². The fourth-order valence-corrected chi connectivity index (χ4v) is 3.37. The van der Waals surface area contributed by atoms with Crippen LogP contribution in [0.3, 0.4) is 0 Å². The zero-order chi connectivity index (χ0) is 15.4. The van der Waals surface area contributed by atoms with E-state index in [2.05, 4.69) is 47.1 Å². The number of rotatable bonds is 5. The molecule has 0 aromatic heterocycles. The first-order valence-corrected chi connectivity index (χ1v) is 8.21. The van der Waals surface area contributed by atoms with E-state index in [0.717, 1.165) is 21.5 Å². The number of hydrogen-bond donors (Lipinski definition) is 2. The van der Waals surface area contributed by atoms with Crippen LogP contribution in [-0.2, 0) is 13.2 Å². The highest BCUT2D eigenvalue weighted by Gasteiger charge is 2.09. The number of nitrogens with two attached hydrogens (primary N) is 1. The molecule has 0 saturated heterocycles. The molecule has 0 atom stereocenters. The van der Waals surface area contributed by atoms with Gasteiger partial charge in [-0.05, 0) is 55.6 Å². The molecule has 0 unspecified atom stereocenters. The van der Waals surface area contributed by atoms with Crippen LogP contribution in [0.25, 0.3) is 0 Å². The fraction of sp³-hybridized carbons (Fsp3) is 0.250. The van der Waals surface area contributed by atoms with Gasteiger partial charge in [0.1, 0.15) is 0 Å². The maximum Gasteiger partial charge on any atom is 0.0682 e. The lowest BCUT2D eigenvalue weighted by Crippen LogP contribution is -2.11. The van der Waals surface area contributed by atoms with Crippen molar-refractivity contribution in [1.29, 1.82) is 0 Å². The summed E-state index contributed by atoms with van der Waals surface area (Å²) >= 11 is 5.18. The summed E-state index contributed by atoms with van der Waals surface area (Å²) in [5, 5.41) is 9.14. The Morgan fingerprint density at radius 2 is 1.86 bits per heavy atom. The van der Waals surface area contributed by atoms with Gasteiger partial charge in [-0.25, -0.2) is 0 Å². The molecule has 2 aromatic carbocycles. The van der Waals surface area contributed by atoms with Crippen molar-refractivity contribution in [2.45, 2.75) is 22.9 Å². The van der Waals surface area contributed by atoms with Crippen molar-refractivity contribution in [2.24, 2.45) is 0 Å². The van der Waals surface area contributed by atoms with Gasteiger partial charge in [0.05, 0.1) is 6.61 Å². The SMILES string of the molecule is CN([11CH3])Cc1cc(Br)ccc1Sc1ccc(CO)cc1N. The molecule has 112 valence electrons. The molecule has 2 aromatic rings. The average molecular weight is 366 g/mol. The lowest BCUT2D eigenvalue weighted by Gasteiger charge is -2.15. The number of aliphatic hydroxyl groups excluding tert-OH is 1. The zero-order valence-corrected chi connectivity index (χ0v) is 14.5. The van der Waals surface area contributed by atoms with Crippen molar-refractivity contribution in [3.05, 3.63) is 52.0 Å². The number of nitrogens with zero attached hydrogens (tertiary/aromatic N) is 1. The van der Waals surface area contributed by atoms with E-state index in [1.165, 1.54) is 10.5 Å². The van der Waals surface area contributed by atoms with Crippen LogP contribution < -0.4 is 5.73 Å². The monoisotopic (exact) mass is 365 g/mol. The highest BCUT2D eigenvalue weighted by Crippen LogP contribution is 2.36. The molecular weight excluding hydrogens is 347 g/mol. The third kappa shape index (κ3) is 4.48. The zero-order valence-electron chi connectivity index (χ0n) is 12.1. The van der Waals surface area contributed by atoms with Crippen LogP contribution in [0.4, 0.5) is 5.69 Å². The standard InChI is InChI=1S/C16H19BrN2OS/c1-19(2)9-12-8-13(17)4-6-15(12)21-16-5-3-11(10-20)7-14(16)18/h3-8,20H,9-10,18H2,1-2H3/i1-1. The van der Waals surface area contributed by atoms with Gasteiger partial charge < -0.3 is 15.7 Å². The summed E-state index contributed by atoms with van der Waals surface area (Å²) < 4.78 is 1.08. The molecule has 0 aliphatic heterocycles. The van der Waals surface area contributed by atoms with E-state index in [0.29, 0.717) is 5.69 Å². The molecule has 21 heavy (non-hydrogen) atoms. The van der Waals surface area contributed by atoms with Crippen molar-refractivity contribution in [3.8, 4) is 0 Å². The van der Waals surface area contributed by atoms with Crippen molar-refractivity contribution in [3.63, 3.8) is 0 Å². The van der Waals surface area contributed by atoms with Gasteiger partial charge in [-0.15, -0.1) is 0 Å². The number of nitrogen functional groups attached to an aromatic ring is 1. The van der Waals surface area contributed by atoms with Crippen LogP contribution >= 0.6 is 27.7 Å². The third-order valence-corrected chi connectivity index (χ3v) is 4.69. The molecule has 0 amide bonds. The van der Waals surface area contributed by atoms with Gasteiger partial charge >= 0.3 is 0 Å². The number of anilines is 1. The van der Waals surface area contributed by atoms with Crippen LogP contribution in [0.1, 0.15) is 11.1 Å². The molecule has 0 radical (unpaired) electrons. The Morgan fingerprint density at radius 1 is 1.14 bits per heavy atom. The molecule has 0 aliphatic rings. The van der Waals surface area contributed by atoms with Gasteiger partial charge in [-0.3, -0.25) is 0 Å². The van der Waals surface area contributed by atoms with E-state index in [1.807, 2.05) is 24.3 Å². The number of halogens is 1. The minimum absolute atomic E-state index is 0.0132. The fourth-order valence-electron chi connectivity index (χ4n) is 2.02. The normalized spacial score (nSPS) is 11.1. The summed E-state index contributed by atoms with van der Waals surface area (Å²) in [4.78, 5) is 4.34. The van der Waals surface area contributed by atoms with E-state index in [4.69, 9.17) is 10.8 Å². The Morgan fingerprint density at radius 3 is 2.48 bits per heavy atom. The van der Waals surface area contributed by atoms with Crippen LogP contribution in [0.2, 0.25) is 0 Å². The molecule has 0 aliphatic carbocycles. The average Bonchev–Trinajstić information content (AvgIpc) is 2.43. The van der Waals surface area contributed by atoms with Crippen molar-refractivity contribution < 1.29 is 5.11 Å². The summed E-state index contributed by atoms with van der Waals surface area (Å²) in [6.45, 7) is 0.885. The number of aliphatic hydroxyl groups is 1. The Bertz CT molecular complexity index is 632. The smallest absolute Gasteiger partial charge is 0.0682 e. The van der Waals surface area contributed by atoms with E-state index in [1.54, 1.807) is 11.8 Å². The topological polar surface area (TPSA) is 49.5 Å². The first kappa shape index (κ1) is 16.4. The predicted octanol–water partition coefficient (Wildman–Crippen LogP) is 3.74. The molecule has 0 fully saturated rings. The third-order valence-electron chi connectivity index (χ3n) is 2.99. The largest absolute Gasteiger partial charge is 0.398 e. The summed E-state index contributed by atoms with van der Waals surface area (Å²) in [5.41, 5.74) is 8.86. The molecule has 2 rings (SSSR count). The van der Waals surface area contributed by atoms with Crippen molar-refractivity contribution in [1.82, 2.24) is 4.90 Å². The van der Waals surface area contributed by atoms with E-state index < -0.39 is 0 Å². The highest BCUT2D eigenvalue weighted by atomic mass is 79.9. The van der Waals surface area contributed by atoms with Gasteiger partial charge in [-0.1, -0.05) is 33.8 Å². The highest BCUT2D eigenvalue weighted by molar-refractivity contribution is 9.10. The summed E-state index contributed by atoms with van der Waals surface area (Å²) in [5.74, 6) is 0. The van der Waals surface area contributed by atoms with Gasteiger partial charge in [0.15, 0.2) is 0 Å². The molecule has 5 heteroatoms. The van der Waals surface area contributed by atoms with E-state index >= 15 is 0 Å². The van der Waals surface area contributed by atoms with Crippen LogP contribution in [0.15, 0.2) is 50.7 Å². The molecule has 0 saturated carbocycles. The van der Waals surface area contributed by atoms with Crippen LogP contribution in [0, 0.1) is 0 Å². The predicted molar refractivity (Wildman–Crippen MR) is 92.4 cm³/mol. The van der Waals surface area contributed by atoms with Gasteiger partial charge in [0.2, 0.25) is 0 Å². The number of benzene rings is 2. The van der Waals surface area contributed by atoms with Gasteiger partial charge in [-0.2, -0.15) is 0 Å². The first-order chi connectivity index (χ1) is 9.99. The maximum absolute atomic E-state index is 9.14. The van der Waals surface area contributed by atoms with E-state index in [-0.39, 0.29) is 6.61 Å². The Hall–Kier alpha value is -1.01. The molecule has 3 nitrogen and oxygen atoms in total. The minimum atomic E-state index is 0.0132. The molecule has 0 heterocycles. The van der Waals surface area contributed by atoms with Crippen molar-refractivity contribution >= 4 is 33.4 Å². The minimum Gasteiger partial charge on any atom is -0.398 e. The second-order valence-electron chi connectivity index (χ2n) is 5.12. The molecule has 3 N–H and O–H groups in total. The summed E-state index contributed by atoms with van der Waals surface area (Å²) in [6, 6.07) is 12.0. The van der Waals surface area contributed by atoms with Gasteiger partial charge in [0.25, 0.3) is 0 Å². The van der Waals surface area contributed by atoms with E-state index in [9.17, 15) is 0 Å². The first-order valence-electron chi connectivity index (χ1n) is 6.60. The quantitative estimate of drug-likeness (QED) is 0.792. The Balaban J connectivity index is 2.30. The van der Waals surface area contributed by atoms with Crippen molar-refractivity contribution in [2.75, 3.05) is 19.8 Å². The maximum atomic E-state index is 9.14. The van der Waals surface area contributed by atoms with Crippen LogP contribution in [0.5, 0.6) is 0 Å². The molecule has 0 spiro atoms. The summed E-state index contributed by atoms with van der Waals surface area (Å²) in [6.07, 6.45) is 0. The Labute approximate surface area is 138 Å². The summed E-state index contributed by atoms with van der Waals surface area (Å²) in [7, 11) is 4.11. The lowest BCUT2D eigenvalue weighted by atomic mass is 10.2. The molecule has 0 bridgehead atoms. The number of hydrogen-bond acceptors (Lipinski definition) is 4. The second kappa shape index (κ2) is 7.31. The van der Waals surface area contributed by atoms with Crippen LogP contribution in [-0.4, -0.2) is 24.1 Å². The lowest BCUT2D eigenvalue weighted by molar-refractivity contribution is 0.282. The second-order valence-corrected chi connectivity index (χ2v) is 7.12. The Kier molecular flexibility index (Phi) is 5.70. The molecular formula is C16H19BrN2OS.